The Balaban J connectivity index is 1.54. The summed E-state index contributed by atoms with van der Waals surface area (Å²) < 4.78 is 7.39. The molecule has 2 aromatic rings. The van der Waals surface area contributed by atoms with Gasteiger partial charge < -0.3 is 10.1 Å². The molecule has 0 amide bonds. The van der Waals surface area contributed by atoms with Crippen LogP contribution in [0.5, 0.6) is 5.75 Å². The number of benzene rings is 1. The highest BCUT2D eigenvalue weighted by atomic mass is 16.5. The Morgan fingerprint density at radius 3 is 2.83 bits per heavy atom. The van der Waals surface area contributed by atoms with E-state index in [1.807, 2.05) is 24.0 Å². The van der Waals surface area contributed by atoms with Crippen molar-refractivity contribution in [2.75, 3.05) is 13.7 Å². The molecule has 1 saturated heterocycles. The lowest BCUT2D eigenvalue weighted by molar-refractivity contribution is 0.225. The Morgan fingerprint density at radius 2 is 2.12 bits per heavy atom. The summed E-state index contributed by atoms with van der Waals surface area (Å²) in [6, 6.07) is 12.3. The molecule has 4 rings (SSSR count). The monoisotopic (exact) mass is 326 g/mol. The topological polar surface area (TPSA) is 42.3 Å². The summed E-state index contributed by atoms with van der Waals surface area (Å²) in [6.07, 6.45) is 5.74. The van der Waals surface area contributed by atoms with Gasteiger partial charge in [-0.05, 0) is 43.0 Å². The van der Waals surface area contributed by atoms with Crippen LogP contribution >= 0.6 is 0 Å². The molecule has 5 heteroatoms. The Hall–Kier alpha value is -1.85. The number of nitrogens with one attached hydrogen (secondary N) is 1. The summed E-state index contributed by atoms with van der Waals surface area (Å²) in [5.74, 6) is 0.945. The molecule has 1 aromatic heterocycles. The molecule has 1 aliphatic heterocycles. The van der Waals surface area contributed by atoms with Crippen molar-refractivity contribution in [1.82, 2.24) is 20.0 Å². The van der Waals surface area contributed by atoms with Gasteiger partial charge in [-0.15, -0.1) is 0 Å². The second-order valence-corrected chi connectivity index (χ2v) is 6.91. The minimum absolute atomic E-state index is 0.431. The van der Waals surface area contributed by atoms with E-state index in [4.69, 9.17) is 4.74 Å². The molecule has 0 spiro atoms. The molecule has 0 radical (unpaired) electrons. The van der Waals surface area contributed by atoms with Crippen molar-refractivity contribution in [3.63, 3.8) is 0 Å². The zero-order valence-corrected chi connectivity index (χ0v) is 14.5. The zero-order valence-electron chi connectivity index (χ0n) is 14.5. The van der Waals surface area contributed by atoms with Crippen LogP contribution in [-0.2, 0) is 13.6 Å². The first kappa shape index (κ1) is 15.7. The molecule has 2 fully saturated rings. The van der Waals surface area contributed by atoms with Gasteiger partial charge >= 0.3 is 0 Å². The van der Waals surface area contributed by atoms with E-state index >= 15 is 0 Å². The smallest absolute Gasteiger partial charge is 0.119 e. The van der Waals surface area contributed by atoms with Crippen molar-refractivity contribution >= 4 is 0 Å². The predicted octanol–water partition coefficient (Wildman–Crippen LogP) is 2.50. The summed E-state index contributed by atoms with van der Waals surface area (Å²) in [6.45, 7) is 2.04. The molecule has 2 atom stereocenters. The van der Waals surface area contributed by atoms with Gasteiger partial charge in [-0.25, -0.2) is 0 Å². The lowest BCUT2D eigenvalue weighted by Gasteiger charge is -2.29. The summed E-state index contributed by atoms with van der Waals surface area (Å²) in [5, 5.41) is 8.04. The number of rotatable bonds is 6. The van der Waals surface area contributed by atoms with Crippen LogP contribution in [0.2, 0.25) is 0 Å². The van der Waals surface area contributed by atoms with E-state index in [-0.39, 0.29) is 0 Å². The normalized spacial score (nSPS) is 24.4. The van der Waals surface area contributed by atoms with Crippen molar-refractivity contribution in [1.29, 1.82) is 0 Å². The minimum atomic E-state index is 0.431. The number of ether oxygens (including phenoxy) is 1. The van der Waals surface area contributed by atoms with E-state index in [9.17, 15) is 0 Å². The molecule has 5 nitrogen and oxygen atoms in total. The first-order chi connectivity index (χ1) is 11.8. The second-order valence-electron chi connectivity index (χ2n) is 6.91. The minimum Gasteiger partial charge on any atom is -0.497 e. The van der Waals surface area contributed by atoms with Crippen molar-refractivity contribution in [2.24, 2.45) is 7.05 Å². The molecule has 24 heavy (non-hydrogen) atoms. The van der Waals surface area contributed by atoms with Crippen LogP contribution in [0.25, 0.3) is 0 Å². The Kier molecular flexibility index (Phi) is 4.29. The molecule has 1 aromatic carbocycles. The fourth-order valence-corrected chi connectivity index (χ4v) is 3.91. The van der Waals surface area contributed by atoms with Gasteiger partial charge in [0.25, 0.3) is 0 Å². The molecule has 0 unspecified atom stereocenters. The molecule has 1 saturated carbocycles. The van der Waals surface area contributed by atoms with E-state index in [2.05, 4.69) is 39.6 Å². The molecular formula is C19H26N4O. The summed E-state index contributed by atoms with van der Waals surface area (Å²) in [4.78, 5) is 2.69. The van der Waals surface area contributed by atoms with Gasteiger partial charge in [0.05, 0.1) is 18.8 Å². The van der Waals surface area contributed by atoms with E-state index < -0.39 is 0 Å². The highest BCUT2D eigenvalue weighted by Gasteiger charge is 2.42. The number of hydrogen-bond donors (Lipinski definition) is 1. The van der Waals surface area contributed by atoms with Crippen LogP contribution in [0.1, 0.15) is 36.6 Å². The number of methoxy groups -OCH3 is 1. The fourth-order valence-electron chi connectivity index (χ4n) is 3.91. The van der Waals surface area contributed by atoms with E-state index in [0.29, 0.717) is 12.1 Å². The number of nitrogens with zero attached hydrogens (tertiary/aromatic N) is 3. The van der Waals surface area contributed by atoms with Crippen LogP contribution < -0.4 is 10.1 Å². The van der Waals surface area contributed by atoms with Gasteiger partial charge in [0.2, 0.25) is 0 Å². The number of likely N-dealkylation sites (tertiary alicyclic amines) is 1. The molecular weight excluding hydrogens is 300 g/mol. The second kappa shape index (κ2) is 6.57. The highest BCUT2D eigenvalue weighted by Crippen LogP contribution is 2.41. The van der Waals surface area contributed by atoms with Crippen molar-refractivity contribution < 1.29 is 4.74 Å². The van der Waals surface area contributed by atoms with Crippen LogP contribution in [0.3, 0.4) is 0 Å². The van der Waals surface area contributed by atoms with E-state index in [1.165, 1.54) is 37.1 Å². The quantitative estimate of drug-likeness (QED) is 0.886. The molecule has 1 N–H and O–H groups in total. The summed E-state index contributed by atoms with van der Waals surface area (Å²) in [7, 11) is 3.74. The summed E-state index contributed by atoms with van der Waals surface area (Å²) >= 11 is 0. The molecule has 1 aliphatic carbocycles. The Morgan fingerprint density at radius 1 is 1.25 bits per heavy atom. The third kappa shape index (κ3) is 3.06. The van der Waals surface area contributed by atoms with Gasteiger partial charge in [-0.1, -0.05) is 12.1 Å². The van der Waals surface area contributed by atoms with Gasteiger partial charge in [0.1, 0.15) is 5.75 Å². The maximum atomic E-state index is 5.45. The molecule has 128 valence electrons. The van der Waals surface area contributed by atoms with Crippen molar-refractivity contribution in [3.05, 3.63) is 47.8 Å². The maximum Gasteiger partial charge on any atom is 0.119 e. The molecule has 2 heterocycles. The third-order valence-corrected chi connectivity index (χ3v) is 5.36. The van der Waals surface area contributed by atoms with E-state index in [0.717, 1.165) is 18.3 Å². The predicted molar refractivity (Wildman–Crippen MR) is 93.9 cm³/mol. The van der Waals surface area contributed by atoms with Gasteiger partial charge in [0, 0.05) is 38.4 Å². The first-order valence-corrected chi connectivity index (χ1v) is 8.86. The Bertz CT molecular complexity index is 694. The number of aromatic nitrogens is 2. The maximum absolute atomic E-state index is 5.45. The van der Waals surface area contributed by atoms with Gasteiger partial charge in [-0.3, -0.25) is 9.58 Å². The van der Waals surface area contributed by atoms with Crippen LogP contribution in [0, 0.1) is 0 Å². The summed E-state index contributed by atoms with van der Waals surface area (Å²) in [5.41, 5.74) is 2.59. The highest BCUT2D eigenvalue weighted by molar-refractivity contribution is 5.32. The van der Waals surface area contributed by atoms with Crippen LogP contribution in [0.4, 0.5) is 0 Å². The lowest BCUT2D eigenvalue weighted by Crippen LogP contribution is -2.37. The Labute approximate surface area is 143 Å². The first-order valence-electron chi connectivity index (χ1n) is 8.86. The average molecular weight is 326 g/mol. The SMILES string of the molecule is COc1cccc([C@H]2[C@H](NCc3ccnn3C)CCN2C2CC2)c1. The fraction of sp³-hybridized carbons (Fsp3) is 0.526. The largest absolute Gasteiger partial charge is 0.497 e. The van der Waals surface area contributed by atoms with E-state index in [1.54, 1.807) is 7.11 Å². The number of hydrogen-bond acceptors (Lipinski definition) is 4. The molecule has 0 bridgehead atoms. The number of aryl methyl sites for hydroxylation is 1. The third-order valence-electron chi connectivity index (χ3n) is 5.36. The lowest BCUT2D eigenvalue weighted by atomic mass is 9.99. The molecule has 2 aliphatic rings. The standard InChI is InChI=1S/C19H26N4O/c1-22-16(8-10-21-22)13-20-18-9-11-23(15-6-7-15)19(18)14-4-3-5-17(12-14)24-2/h3-5,8,10,12,15,18-20H,6-7,9,11,13H2,1-2H3/t18-,19+/m1/s1. The van der Waals surface area contributed by atoms with Gasteiger partial charge in [-0.2, -0.15) is 5.10 Å². The van der Waals surface area contributed by atoms with Crippen LogP contribution in [0.15, 0.2) is 36.5 Å². The van der Waals surface area contributed by atoms with Crippen LogP contribution in [-0.4, -0.2) is 40.4 Å². The van der Waals surface area contributed by atoms with Crippen molar-refractivity contribution in [3.8, 4) is 5.75 Å². The van der Waals surface area contributed by atoms with Crippen molar-refractivity contribution in [2.45, 2.75) is 43.9 Å². The zero-order chi connectivity index (χ0) is 16.5. The average Bonchev–Trinajstić information content (AvgIpc) is 3.24. The van der Waals surface area contributed by atoms with Gasteiger partial charge in [0.15, 0.2) is 0 Å².